The summed E-state index contributed by atoms with van der Waals surface area (Å²) >= 11 is 0. The molecule has 1 amide bonds. The van der Waals surface area contributed by atoms with Gasteiger partial charge in [0.25, 0.3) is 0 Å². The van der Waals surface area contributed by atoms with Crippen molar-refractivity contribution < 1.29 is 17.9 Å². The third-order valence-electron chi connectivity index (χ3n) is 3.12. The van der Waals surface area contributed by atoms with Gasteiger partial charge in [-0.1, -0.05) is 19.3 Å². The maximum absolute atomic E-state index is 11.7. The molecule has 0 heterocycles. The van der Waals surface area contributed by atoms with Crippen molar-refractivity contribution in [2.24, 2.45) is 5.73 Å². The van der Waals surface area contributed by atoms with Gasteiger partial charge in [-0.25, -0.2) is 8.42 Å². The maximum atomic E-state index is 11.7. The first kappa shape index (κ1) is 16.4. The molecular formula is C12H24N2O4S. The zero-order chi connectivity index (χ0) is 14.1. The summed E-state index contributed by atoms with van der Waals surface area (Å²) in [5.41, 5.74) is 5.22. The number of amides is 1. The van der Waals surface area contributed by atoms with Gasteiger partial charge in [-0.3, -0.25) is 4.79 Å². The van der Waals surface area contributed by atoms with Gasteiger partial charge in [0.15, 0.2) is 9.84 Å². The zero-order valence-electron chi connectivity index (χ0n) is 11.3. The van der Waals surface area contributed by atoms with Crippen LogP contribution in [0.1, 0.15) is 32.1 Å². The number of rotatable bonds is 8. The van der Waals surface area contributed by atoms with Crippen molar-refractivity contribution in [3.63, 3.8) is 0 Å². The molecule has 0 saturated heterocycles. The number of ether oxygens (including phenoxy) is 1. The van der Waals surface area contributed by atoms with Gasteiger partial charge in [-0.15, -0.1) is 0 Å². The van der Waals surface area contributed by atoms with Crippen LogP contribution in [0.2, 0.25) is 0 Å². The molecule has 0 aliphatic heterocycles. The summed E-state index contributed by atoms with van der Waals surface area (Å²) in [6, 6.07) is 0.143. The molecule has 0 bridgehead atoms. The van der Waals surface area contributed by atoms with Gasteiger partial charge in [0.2, 0.25) is 5.91 Å². The van der Waals surface area contributed by atoms with Crippen LogP contribution in [0.15, 0.2) is 0 Å². The molecule has 0 spiro atoms. The molecule has 0 atom stereocenters. The zero-order valence-corrected chi connectivity index (χ0v) is 12.1. The largest absolute Gasteiger partial charge is 0.379 e. The van der Waals surface area contributed by atoms with Crippen LogP contribution in [0.5, 0.6) is 0 Å². The van der Waals surface area contributed by atoms with Crippen LogP contribution in [0.3, 0.4) is 0 Å². The summed E-state index contributed by atoms with van der Waals surface area (Å²) in [5, 5.41) is 2.80. The number of carbonyl (C=O) groups is 1. The van der Waals surface area contributed by atoms with Crippen molar-refractivity contribution in [3.8, 4) is 0 Å². The highest BCUT2D eigenvalue weighted by atomic mass is 32.2. The standard InChI is InChI=1S/C12H24N2O4S/c13-6-7-18-8-9-19(16,17)10-12(15)14-11-4-2-1-3-5-11/h11H,1-10,13H2,(H,14,15). The molecule has 0 aromatic rings. The van der Waals surface area contributed by atoms with E-state index in [0.717, 1.165) is 25.7 Å². The van der Waals surface area contributed by atoms with E-state index in [1.807, 2.05) is 0 Å². The van der Waals surface area contributed by atoms with E-state index in [-0.39, 0.29) is 18.4 Å². The van der Waals surface area contributed by atoms with Crippen LogP contribution >= 0.6 is 0 Å². The summed E-state index contributed by atoms with van der Waals surface area (Å²) in [6.07, 6.45) is 5.30. The molecule has 0 radical (unpaired) electrons. The van der Waals surface area contributed by atoms with E-state index < -0.39 is 21.5 Å². The third kappa shape index (κ3) is 7.49. The van der Waals surface area contributed by atoms with Gasteiger partial charge in [0.05, 0.1) is 19.0 Å². The first-order valence-corrected chi connectivity index (χ1v) is 8.63. The summed E-state index contributed by atoms with van der Waals surface area (Å²) in [7, 11) is -3.39. The highest BCUT2D eigenvalue weighted by Gasteiger charge is 2.20. The average Bonchev–Trinajstić information content (AvgIpc) is 2.35. The van der Waals surface area contributed by atoms with Gasteiger partial charge in [-0.05, 0) is 12.8 Å². The van der Waals surface area contributed by atoms with Crippen LogP contribution in [-0.4, -0.2) is 51.6 Å². The lowest BCUT2D eigenvalue weighted by atomic mass is 9.95. The second-order valence-corrected chi connectivity index (χ2v) is 7.08. The lowest BCUT2D eigenvalue weighted by Crippen LogP contribution is -2.40. The molecule has 112 valence electrons. The van der Waals surface area contributed by atoms with Gasteiger partial charge < -0.3 is 15.8 Å². The summed E-state index contributed by atoms with van der Waals surface area (Å²) in [5.74, 6) is -0.980. The highest BCUT2D eigenvalue weighted by molar-refractivity contribution is 7.92. The number of carbonyl (C=O) groups excluding carboxylic acids is 1. The predicted octanol–water partition coefficient (Wildman–Crippen LogP) is -0.175. The molecule has 1 rings (SSSR count). The molecule has 19 heavy (non-hydrogen) atoms. The van der Waals surface area contributed by atoms with E-state index in [2.05, 4.69) is 5.32 Å². The van der Waals surface area contributed by atoms with Crippen LogP contribution in [0, 0.1) is 0 Å². The van der Waals surface area contributed by atoms with Gasteiger partial charge >= 0.3 is 0 Å². The van der Waals surface area contributed by atoms with Crippen LogP contribution in [-0.2, 0) is 19.4 Å². The fraction of sp³-hybridized carbons (Fsp3) is 0.917. The molecule has 0 aromatic carbocycles. The van der Waals surface area contributed by atoms with Crippen LogP contribution < -0.4 is 11.1 Å². The number of sulfone groups is 1. The molecular weight excluding hydrogens is 268 g/mol. The molecule has 3 N–H and O–H groups in total. The Morgan fingerprint density at radius 2 is 1.89 bits per heavy atom. The number of hydrogen-bond donors (Lipinski definition) is 2. The Hall–Kier alpha value is -0.660. The number of nitrogens with one attached hydrogen (secondary N) is 1. The summed E-state index contributed by atoms with van der Waals surface area (Å²) in [6.45, 7) is 0.794. The Kier molecular flexibility index (Phi) is 7.33. The minimum Gasteiger partial charge on any atom is -0.379 e. The molecule has 0 unspecified atom stereocenters. The number of hydrogen-bond acceptors (Lipinski definition) is 5. The first-order chi connectivity index (χ1) is 9.03. The van der Waals surface area contributed by atoms with Crippen molar-refractivity contribution in [1.29, 1.82) is 0 Å². The van der Waals surface area contributed by atoms with Crippen LogP contribution in [0.25, 0.3) is 0 Å². The first-order valence-electron chi connectivity index (χ1n) is 6.81. The van der Waals surface area contributed by atoms with Gasteiger partial charge in [0.1, 0.15) is 5.75 Å². The van der Waals surface area contributed by atoms with Crippen molar-refractivity contribution >= 4 is 15.7 Å². The normalized spacial score (nSPS) is 17.3. The second kappa shape index (κ2) is 8.50. The van der Waals surface area contributed by atoms with Crippen molar-refractivity contribution in [2.75, 3.05) is 31.3 Å². The molecule has 1 aliphatic rings. The SMILES string of the molecule is NCCOCCS(=O)(=O)CC(=O)NC1CCCCC1. The Morgan fingerprint density at radius 1 is 1.21 bits per heavy atom. The fourth-order valence-corrected chi connectivity index (χ4v) is 3.16. The number of nitrogens with two attached hydrogens (primary N) is 1. The minimum atomic E-state index is -3.39. The van der Waals surface area contributed by atoms with E-state index in [1.165, 1.54) is 6.42 Å². The summed E-state index contributed by atoms with van der Waals surface area (Å²) < 4.78 is 28.4. The lowest BCUT2D eigenvalue weighted by Gasteiger charge is -2.22. The average molecular weight is 292 g/mol. The van der Waals surface area contributed by atoms with Crippen molar-refractivity contribution in [3.05, 3.63) is 0 Å². The molecule has 6 nitrogen and oxygen atoms in total. The molecule has 1 fully saturated rings. The lowest BCUT2D eigenvalue weighted by molar-refractivity contribution is -0.119. The van der Waals surface area contributed by atoms with Crippen molar-refractivity contribution in [2.45, 2.75) is 38.1 Å². The quantitative estimate of drug-likeness (QED) is 0.605. The molecule has 7 heteroatoms. The van der Waals surface area contributed by atoms with E-state index in [1.54, 1.807) is 0 Å². The monoisotopic (exact) mass is 292 g/mol. The van der Waals surface area contributed by atoms with E-state index in [9.17, 15) is 13.2 Å². The Balaban J connectivity index is 2.25. The molecule has 0 aromatic heterocycles. The van der Waals surface area contributed by atoms with Gasteiger partial charge in [-0.2, -0.15) is 0 Å². The van der Waals surface area contributed by atoms with Crippen molar-refractivity contribution in [1.82, 2.24) is 5.32 Å². The Bertz CT molecular complexity index is 364. The highest BCUT2D eigenvalue weighted by Crippen LogP contribution is 2.17. The minimum absolute atomic E-state index is 0.0935. The predicted molar refractivity (Wildman–Crippen MR) is 73.5 cm³/mol. The van der Waals surface area contributed by atoms with E-state index in [0.29, 0.717) is 13.2 Å². The summed E-state index contributed by atoms with van der Waals surface area (Å²) in [4.78, 5) is 11.7. The van der Waals surface area contributed by atoms with E-state index >= 15 is 0 Å². The second-order valence-electron chi connectivity index (χ2n) is 4.90. The van der Waals surface area contributed by atoms with E-state index in [4.69, 9.17) is 10.5 Å². The smallest absolute Gasteiger partial charge is 0.235 e. The Labute approximate surface area is 115 Å². The molecule has 1 saturated carbocycles. The molecule has 1 aliphatic carbocycles. The van der Waals surface area contributed by atoms with Gasteiger partial charge in [0, 0.05) is 12.6 Å². The topological polar surface area (TPSA) is 98.5 Å². The third-order valence-corrected chi connectivity index (χ3v) is 4.61. The van der Waals surface area contributed by atoms with Crippen LogP contribution in [0.4, 0.5) is 0 Å². The maximum Gasteiger partial charge on any atom is 0.235 e. The fourth-order valence-electron chi connectivity index (χ4n) is 2.16. The Morgan fingerprint density at radius 3 is 2.53 bits per heavy atom.